The first kappa shape index (κ1) is 32.1. The standard InChI is InChI=1S/C27H24O18/c28-11-3-1-9(16(32)19(11)35)25(40)42-7-15-21(37)23(44-26(41)10-2-4-12(29)20(36)17(10)33)22(38)27(43-15)45-24(39)8-5-13(30)18(34)14(31)6-8/h1-6,15,21-23,27-38H,7H2/t15-,21+,22+,23-,27-/m1/s1. The maximum Gasteiger partial charge on any atom is 0.342 e. The zero-order valence-corrected chi connectivity index (χ0v) is 22.3. The first-order chi connectivity index (χ1) is 21.1. The number of rotatable bonds is 7. The summed E-state index contributed by atoms with van der Waals surface area (Å²) in [6.45, 7) is -0.956. The Hall–Kier alpha value is -5.85. The highest BCUT2D eigenvalue weighted by Crippen LogP contribution is 2.39. The van der Waals surface area contributed by atoms with Gasteiger partial charge < -0.3 is 75.1 Å². The van der Waals surface area contributed by atoms with Crippen molar-refractivity contribution in [3.8, 4) is 51.7 Å². The monoisotopic (exact) mass is 636 g/mol. The number of aliphatic hydroxyl groups excluding tert-OH is 2. The van der Waals surface area contributed by atoms with Gasteiger partial charge in [-0.05, 0) is 36.4 Å². The van der Waals surface area contributed by atoms with E-state index in [1.807, 2.05) is 0 Å². The van der Waals surface area contributed by atoms with Crippen LogP contribution in [0.5, 0.6) is 51.7 Å². The highest BCUT2D eigenvalue weighted by Gasteiger charge is 2.49. The van der Waals surface area contributed by atoms with E-state index in [1.54, 1.807) is 0 Å². The minimum absolute atomic E-state index is 0.576. The minimum Gasteiger partial charge on any atom is -0.504 e. The molecule has 0 radical (unpaired) electrons. The van der Waals surface area contributed by atoms with Gasteiger partial charge in [-0.1, -0.05) is 0 Å². The smallest absolute Gasteiger partial charge is 0.342 e. The van der Waals surface area contributed by atoms with Gasteiger partial charge >= 0.3 is 17.9 Å². The predicted molar refractivity (Wildman–Crippen MR) is 140 cm³/mol. The van der Waals surface area contributed by atoms with Gasteiger partial charge in [-0.3, -0.25) is 0 Å². The molecule has 3 aromatic rings. The van der Waals surface area contributed by atoms with E-state index in [0.29, 0.717) is 12.1 Å². The second kappa shape index (κ2) is 12.4. The summed E-state index contributed by atoms with van der Waals surface area (Å²) >= 11 is 0. The number of phenolic OH excluding ortho intramolecular Hbond substituents is 9. The van der Waals surface area contributed by atoms with E-state index in [-0.39, 0.29) is 0 Å². The fourth-order valence-corrected chi connectivity index (χ4v) is 4.06. The molecular weight excluding hydrogens is 612 g/mol. The molecule has 0 saturated carbocycles. The van der Waals surface area contributed by atoms with Crippen molar-refractivity contribution in [2.24, 2.45) is 0 Å². The second-order valence-electron chi connectivity index (χ2n) is 9.42. The molecule has 5 atom stereocenters. The molecule has 1 heterocycles. The molecule has 0 spiro atoms. The van der Waals surface area contributed by atoms with Gasteiger partial charge in [-0.15, -0.1) is 0 Å². The van der Waals surface area contributed by atoms with E-state index >= 15 is 0 Å². The number of hydrogen-bond acceptors (Lipinski definition) is 18. The highest BCUT2D eigenvalue weighted by molar-refractivity contribution is 5.95. The fourth-order valence-electron chi connectivity index (χ4n) is 4.06. The molecule has 0 aliphatic carbocycles. The van der Waals surface area contributed by atoms with Crippen LogP contribution in [0.1, 0.15) is 31.1 Å². The SMILES string of the molecule is O=C(O[C@H]1O[C@H](COC(=O)c2ccc(O)c(O)c2O)[C@H](O)[C@@H](OC(=O)c2ccc(O)c(O)c2O)[C@@H]1O)c1cc(O)c(O)c(O)c1. The summed E-state index contributed by atoms with van der Waals surface area (Å²) in [5.74, 6) is -12.9. The first-order valence-corrected chi connectivity index (χ1v) is 12.5. The Kier molecular flexibility index (Phi) is 8.84. The minimum atomic E-state index is -2.22. The summed E-state index contributed by atoms with van der Waals surface area (Å²) < 4.78 is 20.5. The van der Waals surface area contributed by atoms with Crippen molar-refractivity contribution < 1.29 is 89.5 Å². The lowest BCUT2D eigenvalue weighted by Crippen LogP contribution is -2.61. The summed E-state index contributed by atoms with van der Waals surface area (Å²) in [6.07, 6.45) is -10.3. The second-order valence-corrected chi connectivity index (χ2v) is 9.42. The molecule has 0 bridgehead atoms. The molecule has 1 fully saturated rings. The number of hydrogen-bond donors (Lipinski definition) is 11. The summed E-state index contributed by atoms with van der Waals surface area (Å²) in [5.41, 5.74) is -1.96. The van der Waals surface area contributed by atoms with Crippen molar-refractivity contribution in [1.29, 1.82) is 0 Å². The number of ether oxygens (including phenoxy) is 4. The van der Waals surface area contributed by atoms with Crippen LogP contribution in [0.2, 0.25) is 0 Å². The van der Waals surface area contributed by atoms with E-state index < -0.39 is 124 Å². The molecule has 0 unspecified atom stereocenters. The molecule has 3 aromatic carbocycles. The third-order valence-electron chi connectivity index (χ3n) is 6.49. The Bertz CT molecular complexity index is 1630. The summed E-state index contributed by atoms with van der Waals surface area (Å²) in [6, 6.07) is 4.73. The maximum atomic E-state index is 12.8. The van der Waals surface area contributed by atoms with Crippen LogP contribution in [-0.2, 0) is 18.9 Å². The number of phenols is 9. The molecule has 18 nitrogen and oxygen atoms in total. The van der Waals surface area contributed by atoms with Crippen molar-refractivity contribution in [2.45, 2.75) is 30.7 Å². The molecule has 45 heavy (non-hydrogen) atoms. The van der Waals surface area contributed by atoms with Crippen LogP contribution in [0.3, 0.4) is 0 Å². The molecule has 0 aromatic heterocycles. The van der Waals surface area contributed by atoms with Gasteiger partial charge in [0, 0.05) is 0 Å². The van der Waals surface area contributed by atoms with Crippen molar-refractivity contribution in [3.05, 3.63) is 53.1 Å². The van der Waals surface area contributed by atoms with Gasteiger partial charge in [-0.25, -0.2) is 14.4 Å². The lowest BCUT2D eigenvalue weighted by molar-refractivity contribution is -0.284. The van der Waals surface area contributed by atoms with Crippen LogP contribution < -0.4 is 0 Å². The summed E-state index contributed by atoms with van der Waals surface area (Å²) in [5, 5.41) is 109. The Morgan fingerprint density at radius 1 is 0.600 bits per heavy atom. The van der Waals surface area contributed by atoms with Crippen LogP contribution in [0.25, 0.3) is 0 Å². The topological polar surface area (TPSA) is 311 Å². The number of esters is 3. The third kappa shape index (κ3) is 6.27. The number of carbonyl (C=O) groups excluding carboxylic acids is 3. The molecule has 1 aliphatic heterocycles. The van der Waals surface area contributed by atoms with E-state index in [0.717, 1.165) is 24.3 Å². The van der Waals surface area contributed by atoms with Crippen LogP contribution in [0.15, 0.2) is 36.4 Å². The normalized spacial score (nSPS) is 21.1. The Morgan fingerprint density at radius 3 is 1.64 bits per heavy atom. The van der Waals surface area contributed by atoms with Crippen LogP contribution in [0.4, 0.5) is 0 Å². The molecule has 4 rings (SSSR count). The van der Waals surface area contributed by atoms with Gasteiger partial charge in [-0.2, -0.15) is 0 Å². The summed E-state index contributed by atoms with van der Waals surface area (Å²) in [4.78, 5) is 38.1. The van der Waals surface area contributed by atoms with Crippen molar-refractivity contribution in [2.75, 3.05) is 6.61 Å². The van der Waals surface area contributed by atoms with Crippen molar-refractivity contribution in [3.63, 3.8) is 0 Å². The third-order valence-corrected chi connectivity index (χ3v) is 6.49. The van der Waals surface area contributed by atoms with E-state index in [2.05, 4.69) is 0 Å². The average molecular weight is 636 g/mol. The van der Waals surface area contributed by atoms with Gasteiger partial charge in [0.1, 0.15) is 29.9 Å². The number of aromatic hydroxyl groups is 9. The molecule has 0 amide bonds. The van der Waals surface area contributed by atoms with Crippen LogP contribution >= 0.6 is 0 Å². The van der Waals surface area contributed by atoms with E-state index in [9.17, 15) is 70.6 Å². The molecule has 1 saturated heterocycles. The maximum absolute atomic E-state index is 12.8. The number of carbonyl (C=O) groups is 3. The zero-order valence-electron chi connectivity index (χ0n) is 22.3. The molecule has 240 valence electrons. The first-order valence-electron chi connectivity index (χ1n) is 12.5. The highest BCUT2D eigenvalue weighted by atomic mass is 16.7. The zero-order chi connectivity index (χ0) is 33.3. The number of benzene rings is 3. The Balaban J connectivity index is 1.61. The van der Waals surface area contributed by atoms with E-state index in [1.165, 1.54) is 0 Å². The quantitative estimate of drug-likeness (QED) is 0.0902. The van der Waals surface area contributed by atoms with Crippen LogP contribution in [-0.4, -0.2) is 111 Å². The summed E-state index contributed by atoms with van der Waals surface area (Å²) in [7, 11) is 0. The Morgan fingerprint density at radius 2 is 1.11 bits per heavy atom. The van der Waals surface area contributed by atoms with Gasteiger partial charge in [0.25, 0.3) is 0 Å². The van der Waals surface area contributed by atoms with Crippen LogP contribution in [0, 0.1) is 0 Å². The largest absolute Gasteiger partial charge is 0.504 e. The lowest BCUT2D eigenvalue weighted by atomic mass is 9.98. The number of aliphatic hydroxyl groups is 2. The fraction of sp³-hybridized carbons (Fsp3) is 0.222. The molecular formula is C27H24O18. The lowest BCUT2D eigenvalue weighted by Gasteiger charge is -2.41. The van der Waals surface area contributed by atoms with Crippen molar-refractivity contribution in [1.82, 2.24) is 0 Å². The molecule has 1 aliphatic rings. The average Bonchev–Trinajstić information content (AvgIpc) is 2.99. The van der Waals surface area contributed by atoms with Crippen molar-refractivity contribution >= 4 is 17.9 Å². The van der Waals surface area contributed by atoms with Gasteiger partial charge in [0.15, 0.2) is 52.5 Å². The molecule has 18 heteroatoms. The van der Waals surface area contributed by atoms with E-state index in [4.69, 9.17) is 18.9 Å². The van der Waals surface area contributed by atoms with Gasteiger partial charge in [0.2, 0.25) is 17.8 Å². The molecule has 11 N–H and O–H groups in total. The predicted octanol–water partition coefficient (Wildman–Crippen LogP) is -0.277. The Labute approximate surface area is 249 Å². The van der Waals surface area contributed by atoms with Gasteiger partial charge in [0.05, 0.1) is 5.56 Å².